The van der Waals surface area contributed by atoms with Gasteiger partial charge in [0.1, 0.15) is 18.4 Å². The quantitative estimate of drug-likeness (QED) is 0.838. The van der Waals surface area contributed by atoms with Crippen molar-refractivity contribution in [2.75, 3.05) is 39.8 Å². The van der Waals surface area contributed by atoms with Crippen molar-refractivity contribution in [2.24, 2.45) is 0 Å². The molecule has 1 saturated heterocycles. The van der Waals surface area contributed by atoms with E-state index in [1.54, 1.807) is 7.05 Å². The van der Waals surface area contributed by atoms with Gasteiger partial charge >= 0.3 is 0 Å². The predicted molar refractivity (Wildman–Crippen MR) is 83.7 cm³/mol. The van der Waals surface area contributed by atoms with E-state index in [2.05, 4.69) is 40.7 Å². The molecular weight excluding hydrogens is 266 g/mol. The van der Waals surface area contributed by atoms with E-state index in [0.717, 1.165) is 30.9 Å². The lowest BCUT2D eigenvalue weighted by atomic mass is 10.1. The third kappa shape index (κ3) is 4.19. The Kier molecular flexibility index (Phi) is 5.59. The van der Waals surface area contributed by atoms with E-state index < -0.39 is 0 Å². The zero-order valence-corrected chi connectivity index (χ0v) is 13.1. The van der Waals surface area contributed by atoms with Gasteiger partial charge in [0.05, 0.1) is 0 Å². The van der Waals surface area contributed by atoms with Gasteiger partial charge in [-0.15, -0.1) is 0 Å². The Morgan fingerprint density at radius 1 is 1.48 bits per heavy atom. The van der Waals surface area contributed by atoms with Gasteiger partial charge in [-0.25, -0.2) is 0 Å². The van der Waals surface area contributed by atoms with Gasteiger partial charge in [-0.1, -0.05) is 12.1 Å². The molecule has 1 aromatic carbocycles. The summed E-state index contributed by atoms with van der Waals surface area (Å²) in [6.45, 7) is 7.94. The number of nitrogens with one attached hydrogen (secondary N) is 2. The largest absolute Gasteiger partial charge is 0.492 e. The van der Waals surface area contributed by atoms with E-state index in [0.29, 0.717) is 13.2 Å². The summed E-state index contributed by atoms with van der Waals surface area (Å²) in [5.74, 6) is 0.996. The molecule has 5 nitrogen and oxygen atoms in total. The zero-order valence-electron chi connectivity index (χ0n) is 13.1. The van der Waals surface area contributed by atoms with Crippen LogP contribution in [0, 0.1) is 13.8 Å². The van der Waals surface area contributed by atoms with Crippen molar-refractivity contribution < 1.29 is 9.53 Å². The zero-order chi connectivity index (χ0) is 15.2. The molecule has 0 radical (unpaired) electrons. The lowest BCUT2D eigenvalue weighted by Gasteiger charge is -2.34. The number of hydrogen-bond donors (Lipinski definition) is 2. The number of amides is 1. The molecular formula is C16H25N3O2. The number of carbonyl (C=O) groups is 1. The highest BCUT2D eigenvalue weighted by atomic mass is 16.5. The summed E-state index contributed by atoms with van der Waals surface area (Å²) in [4.78, 5) is 14.1. The molecule has 116 valence electrons. The highest BCUT2D eigenvalue weighted by Gasteiger charge is 2.27. The molecule has 1 atom stereocenters. The Bertz CT molecular complexity index is 490. The number of carbonyl (C=O) groups excluding carboxylic acids is 1. The smallest absolute Gasteiger partial charge is 0.238 e. The topological polar surface area (TPSA) is 53.6 Å². The fourth-order valence-corrected chi connectivity index (χ4v) is 2.57. The molecule has 1 aliphatic heterocycles. The number of ether oxygens (including phenoxy) is 1. The van der Waals surface area contributed by atoms with E-state index >= 15 is 0 Å². The van der Waals surface area contributed by atoms with Crippen LogP contribution in [0.5, 0.6) is 5.75 Å². The first-order valence-electron chi connectivity index (χ1n) is 7.48. The molecule has 1 fully saturated rings. The van der Waals surface area contributed by atoms with Crippen molar-refractivity contribution in [1.29, 1.82) is 0 Å². The van der Waals surface area contributed by atoms with Gasteiger partial charge in [0.25, 0.3) is 0 Å². The fourth-order valence-electron chi connectivity index (χ4n) is 2.57. The van der Waals surface area contributed by atoms with Gasteiger partial charge in [0.15, 0.2) is 0 Å². The molecule has 1 heterocycles. The molecule has 1 aromatic rings. The molecule has 2 rings (SSSR count). The standard InChI is InChI=1S/C16H25N3O2/c1-12-4-5-13(2)15(10-12)21-9-8-19-7-6-18-11-14(19)16(20)17-3/h4-5,10,14,18H,6-9,11H2,1-3H3,(H,17,20). The van der Waals surface area contributed by atoms with Crippen molar-refractivity contribution in [3.63, 3.8) is 0 Å². The van der Waals surface area contributed by atoms with E-state index in [9.17, 15) is 4.79 Å². The van der Waals surface area contributed by atoms with Crippen molar-refractivity contribution in [2.45, 2.75) is 19.9 Å². The normalized spacial score (nSPS) is 19.3. The third-order valence-corrected chi connectivity index (χ3v) is 3.88. The second-order valence-corrected chi connectivity index (χ2v) is 5.49. The summed E-state index contributed by atoms with van der Waals surface area (Å²) in [5, 5.41) is 5.99. The van der Waals surface area contributed by atoms with Crippen molar-refractivity contribution in [3.8, 4) is 5.75 Å². The SMILES string of the molecule is CNC(=O)C1CNCCN1CCOc1cc(C)ccc1C. The van der Waals surface area contributed by atoms with Gasteiger partial charge < -0.3 is 15.4 Å². The van der Waals surface area contributed by atoms with Crippen LogP contribution >= 0.6 is 0 Å². The van der Waals surface area contributed by atoms with Gasteiger partial charge in [-0.05, 0) is 31.0 Å². The minimum atomic E-state index is -0.106. The van der Waals surface area contributed by atoms with E-state index in [1.807, 2.05) is 6.92 Å². The first-order valence-corrected chi connectivity index (χ1v) is 7.48. The van der Waals surface area contributed by atoms with Crippen LogP contribution in [-0.4, -0.2) is 56.7 Å². The minimum absolute atomic E-state index is 0.0638. The number of piperazine rings is 1. The summed E-state index contributed by atoms with van der Waals surface area (Å²) in [7, 11) is 1.68. The van der Waals surface area contributed by atoms with Crippen LogP contribution in [0.4, 0.5) is 0 Å². The maximum absolute atomic E-state index is 11.9. The Labute approximate surface area is 126 Å². The molecule has 2 N–H and O–H groups in total. The maximum Gasteiger partial charge on any atom is 0.238 e. The summed E-state index contributed by atoms with van der Waals surface area (Å²) >= 11 is 0. The van der Waals surface area contributed by atoms with Crippen LogP contribution in [0.2, 0.25) is 0 Å². The van der Waals surface area contributed by atoms with Gasteiger partial charge in [0.2, 0.25) is 5.91 Å². The second kappa shape index (κ2) is 7.43. The second-order valence-electron chi connectivity index (χ2n) is 5.49. The molecule has 0 aliphatic carbocycles. The molecule has 0 bridgehead atoms. The average Bonchev–Trinajstić information content (AvgIpc) is 2.50. The molecule has 0 spiro atoms. The molecule has 1 amide bonds. The number of nitrogens with zero attached hydrogens (tertiary/aromatic N) is 1. The van der Waals surface area contributed by atoms with E-state index in [4.69, 9.17) is 4.74 Å². The van der Waals surface area contributed by atoms with Crippen LogP contribution in [-0.2, 0) is 4.79 Å². The third-order valence-electron chi connectivity index (χ3n) is 3.88. The van der Waals surface area contributed by atoms with Crippen molar-refractivity contribution in [3.05, 3.63) is 29.3 Å². The van der Waals surface area contributed by atoms with Crippen molar-refractivity contribution in [1.82, 2.24) is 15.5 Å². The first kappa shape index (κ1) is 15.8. The van der Waals surface area contributed by atoms with Crippen LogP contribution in [0.15, 0.2) is 18.2 Å². The number of benzene rings is 1. The Balaban J connectivity index is 1.89. The molecule has 0 aromatic heterocycles. The Morgan fingerprint density at radius 3 is 3.05 bits per heavy atom. The predicted octanol–water partition coefficient (Wildman–Crippen LogP) is 0.702. The van der Waals surface area contributed by atoms with Crippen molar-refractivity contribution >= 4 is 5.91 Å². The monoisotopic (exact) mass is 291 g/mol. The highest BCUT2D eigenvalue weighted by Crippen LogP contribution is 2.19. The molecule has 0 saturated carbocycles. The average molecular weight is 291 g/mol. The summed E-state index contributed by atoms with van der Waals surface area (Å²) in [6, 6.07) is 6.11. The Hall–Kier alpha value is -1.59. The van der Waals surface area contributed by atoms with Gasteiger partial charge in [-0.2, -0.15) is 0 Å². The molecule has 5 heteroatoms. The van der Waals surface area contributed by atoms with Gasteiger partial charge in [0, 0.05) is 33.2 Å². The highest BCUT2D eigenvalue weighted by molar-refractivity contribution is 5.81. The van der Waals surface area contributed by atoms with Crippen LogP contribution in [0.1, 0.15) is 11.1 Å². The number of aryl methyl sites for hydroxylation is 2. The van der Waals surface area contributed by atoms with Gasteiger partial charge in [-0.3, -0.25) is 9.69 Å². The number of likely N-dealkylation sites (N-methyl/N-ethyl adjacent to an activating group) is 1. The minimum Gasteiger partial charge on any atom is -0.492 e. The van der Waals surface area contributed by atoms with E-state index in [1.165, 1.54) is 5.56 Å². The summed E-state index contributed by atoms with van der Waals surface area (Å²) in [6.07, 6.45) is 0. The summed E-state index contributed by atoms with van der Waals surface area (Å²) < 4.78 is 5.89. The van der Waals surface area contributed by atoms with E-state index in [-0.39, 0.29) is 11.9 Å². The first-order chi connectivity index (χ1) is 10.1. The van der Waals surface area contributed by atoms with Crippen LogP contribution in [0.3, 0.4) is 0 Å². The van der Waals surface area contributed by atoms with Crippen LogP contribution in [0.25, 0.3) is 0 Å². The fraction of sp³-hybridized carbons (Fsp3) is 0.562. The van der Waals surface area contributed by atoms with Crippen LogP contribution < -0.4 is 15.4 Å². The molecule has 1 unspecified atom stereocenters. The Morgan fingerprint density at radius 2 is 2.29 bits per heavy atom. The number of hydrogen-bond acceptors (Lipinski definition) is 4. The molecule has 21 heavy (non-hydrogen) atoms. The molecule has 1 aliphatic rings. The lowest BCUT2D eigenvalue weighted by Crippen LogP contribution is -2.58. The number of rotatable bonds is 5. The lowest BCUT2D eigenvalue weighted by molar-refractivity contribution is -0.126. The summed E-state index contributed by atoms with van der Waals surface area (Å²) in [5.41, 5.74) is 2.34. The maximum atomic E-state index is 11.9.